The summed E-state index contributed by atoms with van der Waals surface area (Å²) in [7, 11) is 0. The minimum atomic E-state index is 0.471. The largest absolute Gasteiger partial charge is 0.435 e. The zero-order valence-electron chi connectivity index (χ0n) is 5.31. The first kappa shape index (κ1) is 6.55. The first-order valence-electron chi connectivity index (χ1n) is 3.00. The second-order valence-electron chi connectivity index (χ2n) is 1.89. The van der Waals surface area contributed by atoms with Crippen molar-refractivity contribution in [2.75, 3.05) is 0 Å². The molecule has 50 valence electrons. The van der Waals surface area contributed by atoms with Gasteiger partial charge in [-0.1, -0.05) is 6.92 Å². The van der Waals surface area contributed by atoms with Gasteiger partial charge in [0.25, 0.3) is 4.84 Å². The lowest BCUT2D eigenvalue weighted by Crippen LogP contribution is -1.74. The Hall–Kier alpha value is -0.570. The molecule has 0 fully saturated rings. The molecule has 0 aliphatic heterocycles. The zero-order valence-corrected chi connectivity index (χ0v) is 6.12. The van der Waals surface area contributed by atoms with Crippen LogP contribution in [0, 0.1) is 4.84 Å². The average molecular weight is 143 g/mol. The van der Waals surface area contributed by atoms with Crippen LogP contribution in [0.4, 0.5) is 0 Å². The predicted octanol–water partition coefficient (Wildman–Crippen LogP) is 2.29. The Morgan fingerprint density at radius 1 is 1.78 bits per heavy atom. The zero-order chi connectivity index (χ0) is 6.69. The van der Waals surface area contributed by atoms with Gasteiger partial charge >= 0.3 is 0 Å². The Bertz CT molecular complexity index is 225. The van der Waals surface area contributed by atoms with Crippen molar-refractivity contribution in [2.24, 2.45) is 0 Å². The smallest absolute Gasteiger partial charge is 0.266 e. The normalized spacial score (nSPS) is 9.89. The number of hydrogen-bond donors (Lipinski definition) is 1. The van der Waals surface area contributed by atoms with E-state index in [0.717, 1.165) is 18.6 Å². The number of aromatic nitrogens is 1. The summed E-state index contributed by atoms with van der Waals surface area (Å²) in [6, 6.07) is 0. The summed E-state index contributed by atoms with van der Waals surface area (Å²) in [5.41, 5.74) is 0. The van der Waals surface area contributed by atoms with Crippen molar-refractivity contribution in [3.63, 3.8) is 0 Å². The van der Waals surface area contributed by atoms with Gasteiger partial charge in [-0.2, -0.15) is 0 Å². The van der Waals surface area contributed by atoms with E-state index < -0.39 is 0 Å². The molecule has 0 unspecified atom stereocenters. The molecule has 1 rings (SSSR count). The van der Waals surface area contributed by atoms with Gasteiger partial charge in [0, 0.05) is 12.6 Å². The fourth-order valence-corrected chi connectivity index (χ4v) is 0.853. The molecular weight excluding hydrogens is 134 g/mol. The molecule has 0 atom stereocenters. The van der Waals surface area contributed by atoms with Gasteiger partial charge in [0.2, 0.25) is 0 Å². The second-order valence-corrected chi connectivity index (χ2v) is 2.27. The van der Waals surface area contributed by atoms with Crippen LogP contribution in [0.5, 0.6) is 0 Å². The van der Waals surface area contributed by atoms with E-state index in [9.17, 15) is 0 Å². The van der Waals surface area contributed by atoms with Crippen LogP contribution in [-0.4, -0.2) is 4.98 Å². The molecule has 0 aromatic carbocycles. The third-order valence-corrected chi connectivity index (χ3v) is 1.27. The van der Waals surface area contributed by atoms with E-state index >= 15 is 0 Å². The van der Waals surface area contributed by atoms with Gasteiger partial charge in [-0.15, -0.1) is 0 Å². The van der Waals surface area contributed by atoms with Crippen molar-refractivity contribution in [3.05, 3.63) is 16.8 Å². The molecular formula is C6H9NOS. The van der Waals surface area contributed by atoms with Crippen LogP contribution in [0.25, 0.3) is 0 Å². The third kappa shape index (κ3) is 1.68. The number of nitrogens with one attached hydrogen (secondary N) is 1. The number of aryl methyl sites for hydroxylation is 1. The summed E-state index contributed by atoms with van der Waals surface area (Å²) in [6.07, 6.45) is 3.87. The van der Waals surface area contributed by atoms with E-state index in [1.54, 1.807) is 0 Å². The van der Waals surface area contributed by atoms with Crippen LogP contribution in [0.3, 0.4) is 0 Å². The Labute approximate surface area is 58.9 Å². The Morgan fingerprint density at radius 2 is 2.56 bits per heavy atom. The second kappa shape index (κ2) is 2.82. The maximum absolute atomic E-state index is 5.08. The maximum atomic E-state index is 5.08. The number of rotatable bonds is 2. The van der Waals surface area contributed by atoms with E-state index in [2.05, 4.69) is 11.9 Å². The molecule has 0 spiro atoms. The molecule has 0 amide bonds. The molecule has 1 heterocycles. The first-order valence-corrected chi connectivity index (χ1v) is 3.41. The minimum Gasteiger partial charge on any atom is -0.435 e. The number of aromatic amines is 1. The minimum absolute atomic E-state index is 0.471. The quantitative estimate of drug-likeness (QED) is 0.643. The fraction of sp³-hybridized carbons (Fsp3) is 0.500. The van der Waals surface area contributed by atoms with Crippen LogP contribution >= 0.6 is 12.2 Å². The van der Waals surface area contributed by atoms with Gasteiger partial charge in [0.1, 0.15) is 5.76 Å². The predicted molar refractivity (Wildman–Crippen MR) is 37.9 cm³/mol. The molecule has 9 heavy (non-hydrogen) atoms. The Kier molecular flexibility index (Phi) is 2.05. The van der Waals surface area contributed by atoms with Gasteiger partial charge < -0.3 is 9.40 Å². The third-order valence-electron chi connectivity index (χ3n) is 1.07. The van der Waals surface area contributed by atoms with Crippen LogP contribution in [0.1, 0.15) is 19.1 Å². The highest BCUT2D eigenvalue weighted by molar-refractivity contribution is 7.71. The van der Waals surface area contributed by atoms with Gasteiger partial charge in [-0.3, -0.25) is 0 Å². The molecule has 0 saturated heterocycles. The van der Waals surface area contributed by atoms with E-state index in [4.69, 9.17) is 16.6 Å². The molecule has 0 aliphatic carbocycles. The van der Waals surface area contributed by atoms with Crippen LogP contribution in [0.2, 0.25) is 0 Å². The molecule has 0 aliphatic rings. The SMILES string of the molecule is CCCc1c[nH]c(=S)o1. The Morgan fingerprint density at radius 3 is 3.00 bits per heavy atom. The molecule has 2 nitrogen and oxygen atoms in total. The molecule has 0 bridgehead atoms. The van der Waals surface area contributed by atoms with Crippen molar-refractivity contribution in [1.82, 2.24) is 4.98 Å². The molecule has 3 heteroatoms. The summed E-state index contributed by atoms with van der Waals surface area (Å²) in [5.74, 6) is 0.947. The highest BCUT2D eigenvalue weighted by Crippen LogP contribution is 2.01. The lowest BCUT2D eigenvalue weighted by Gasteiger charge is -1.84. The van der Waals surface area contributed by atoms with Crippen molar-refractivity contribution in [3.8, 4) is 0 Å². The first-order chi connectivity index (χ1) is 4.33. The van der Waals surface area contributed by atoms with Gasteiger partial charge in [0.15, 0.2) is 0 Å². The number of H-pyrrole nitrogens is 1. The standard InChI is InChI=1S/C6H9NOS/c1-2-3-5-4-7-6(9)8-5/h4H,2-3H2,1H3,(H,7,9). The van der Waals surface area contributed by atoms with Gasteiger partial charge in [-0.25, -0.2) is 0 Å². The summed E-state index contributed by atoms with van der Waals surface area (Å²) < 4.78 is 5.08. The molecule has 1 aromatic heterocycles. The highest BCUT2D eigenvalue weighted by atomic mass is 32.1. The van der Waals surface area contributed by atoms with Crippen molar-refractivity contribution >= 4 is 12.2 Å². The summed E-state index contributed by atoms with van der Waals surface area (Å²) in [5, 5.41) is 0. The van der Waals surface area contributed by atoms with Crippen LogP contribution < -0.4 is 0 Å². The van der Waals surface area contributed by atoms with Crippen molar-refractivity contribution < 1.29 is 4.42 Å². The lowest BCUT2D eigenvalue weighted by atomic mass is 10.3. The van der Waals surface area contributed by atoms with E-state index in [0.29, 0.717) is 4.84 Å². The summed E-state index contributed by atoms with van der Waals surface area (Å²) >= 11 is 4.72. The van der Waals surface area contributed by atoms with Gasteiger partial charge in [-0.05, 0) is 18.6 Å². The summed E-state index contributed by atoms with van der Waals surface area (Å²) in [4.78, 5) is 3.27. The monoisotopic (exact) mass is 143 g/mol. The highest BCUT2D eigenvalue weighted by Gasteiger charge is 1.92. The van der Waals surface area contributed by atoms with E-state index in [1.165, 1.54) is 0 Å². The maximum Gasteiger partial charge on any atom is 0.266 e. The fourth-order valence-electron chi connectivity index (χ4n) is 0.687. The average Bonchev–Trinajstić information content (AvgIpc) is 2.17. The lowest BCUT2D eigenvalue weighted by molar-refractivity contribution is 0.487. The number of hydrogen-bond acceptors (Lipinski definition) is 2. The molecule has 1 aromatic rings. The van der Waals surface area contributed by atoms with Gasteiger partial charge in [0.05, 0.1) is 0 Å². The number of oxazole rings is 1. The molecule has 0 saturated carbocycles. The van der Waals surface area contributed by atoms with Crippen LogP contribution in [0.15, 0.2) is 10.6 Å². The van der Waals surface area contributed by atoms with E-state index in [-0.39, 0.29) is 0 Å². The van der Waals surface area contributed by atoms with Crippen LogP contribution in [-0.2, 0) is 6.42 Å². The summed E-state index contributed by atoms with van der Waals surface area (Å²) in [6.45, 7) is 2.10. The Balaban J connectivity index is 2.73. The van der Waals surface area contributed by atoms with Crippen molar-refractivity contribution in [2.45, 2.75) is 19.8 Å². The molecule has 1 N–H and O–H groups in total. The van der Waals surface area contributed by atoms with Crippen molar-refractivity contribution in [1.29, 1.82) is 0 Å². The molecule has 0 radical (unpaired) electrons. The topological polar surface area (TPSA) is 28.9 Å². The van der Waals surface area contributed by atoms with E-state index in [1.807, 2.05) is 6.20 Å².